The molecule has 204 valence electrons. The number of aromatic nitrogens is 3. The van der Waals surface area contributed by atoms with E-state index in [0.717, 1.165) is 71.3 Å². The summed E-state index contributed by atoms with van der Waals surface area (Å²) in [6.45, 7) is 5.36. The number of rotatable bonds is 7. The first-order chi connectivity index (χ1) is 18.9. The molecule has 1 unspecified atom stereocenters. The molecule has 2 aromatic carbocycles. The Balaban J connectivity index is 1.17. The van der Waals surface area contributed by atoms with Crippen molar-refractivity contribution in [3.63, 3.8) is 0 Å². The molecule has 2 aliphatic rings. The van der Waals surface area contributed by atoms with Crippen LogP contribution in [0.3, 0.4) is 0 Å². The van der Waals surface area contributed by atoms with E-state index in [-0.39, 0.29) is 10.9 Å². The summed E-state index contributed by atoms with van der Waals surface area (Å²) in [6, 6.07) is 14.5. The Kier molecular flexibility index (Phi) is 7.45. The molecule has 2 saturated heterocycles. The first-order valence-electron chi connectivity index (χ1n) is 13.1. The van der Waals surface area contributed by atoms with Crippen LogP contribution < -0.4 is 15.4 Å². The van der Waals surface area contributed by atoms with Crippen molar-refractivity contribution in [1.29, 1.82) is 0 Å². The number of nitrogens with one attached hydrogen (secondary N) is 1. The summed E-state index contributed by atoms with van der Waals surface area (Å²) < 4.78 is 34.5. The van der Waals surface area contributed by atoms with Crippen LogP contribution in [0.4, 0.5) is 11.5 Å². The van der Waals surface area contributed by atoms with Crippen LogP contribution in [0, 0.1) is 0 Å². The van der Waals surface area contributed by atoms with Gasteiger partial charge in [-0.2, -0.15) is 0 Å². The first kappa shape index (κ1) is 26.1. The molecule has 0 saturated carbocycles. The lowest BCUT2D eigenvalue weighted by Crippen LogP contribution is -2.42. The standard InChI is InChI=1S/C27H31N7O3S2/c28-21-4-2-10-33(17-21)16-19-3-1-5-23(15-19)39(35,36)32-22-8-6-20(7-9-22)26-31-24-25(29-18-30-27(24)38-26)34-11-13-37-14-12-34/h1,3,5-9,15,18,21,32H,2,4,10-14,16-17,28H2. The molecule has 0 spiro atoms. The maximum atomic E-state index is 13.2. The van der Waals surface area contributed by atoms with Gasteiger partial charge in [0.25, 0.3) is 10.0 Å². The minimum Gasteiger partial charge on any atom is -0.378 e. The van der Waals surface area contributed by atoms with Gasteiger partial charge in [0.15, 0.2) is 5.82 Å². The van der Waals surface area contributed by atoms with Crippen molar-refractivity contribution in [2.45, 2.75) is 30.3 Å². The average molecular weight is 566 g/mol. The molecule has 2 aromatic heterocycles. The number of piperidine rings is 1. The number of benzene rings is 2. The lowest BCUT2D eigenvalue weighted by molar-refractivity contribution is 0.122. The van der Waals surface area contributed by atoms with Crippen LogP contribution in [0.2, 0.25) is 0 Å². The molecule has 0 bridgehead atoms. The van der Waals surface area contributed by atoms with Gasteiger partial charge < -0.3 is 15.4 Å². The molecular formula is C27H31N7O3S2. The number of hydrogen-bond donors (Lipinski definition) is 2. The highest BCUT2D eigenvalue weighted by atomic mass is 32.2. The maximum Gasteiger partial charge on any atom is 0.261 e. The lowest BCUT2D eigenvalue weighted by Gasteiger charge is -2.30. The number of thiazole rings is 1. The Morgan fingerprint density at radius 1 is 1.08 bits per heavy atom. The largest absolute Gasteiger partial charge is 0.378 e. The molecule has 1 atom stereocenters. The topological polar surface area (TPSA) is 127 Å². The quantitative estimate of drug-likeness (QED) is 0.347. The van der Waals surface area contributed by atoms with E-state index in [2.05, 4.69) is 24.5 Å². The van der Waals surface area contributed by atoms with Gasteiger partial charge in [-0.05, 0) is 61.3 Å². The van der Waals surface area contributed by atoms with Crippen molar-refractivity contribution in [3.8, 4) is 10.6 Å². The lowest BCUT2D eigenvalue weighted by atomic mass is 10.1. The molecule has 4 aromatic rings. The highest BCUT2D eigenvalue weighted by molar-refractivity contribution is 7.92. The minimum absolute atomic E-state index is 0.179. The van der Waals surface area contributed by atoms with Crippen molar-refractivity contribution in [2.24, 2.45) is 5.73 Å². The van der Waals surface area contributed by atoms with Crippen LogP contribution in [-0.2, 0) is 21.3 Å². The van der Waals surface area contributed by atoms with Gasteiger partial charge in [0.2, 0.25) is 0 Å². The third kappa shape index (κ3) is 5.89. The highest BCUT2D eigenvalue weighted by Crippen LogP contribution is 2.33. The summed E-state index contributed by atoms with van der Waals surface area (Å²) in [5.41, 5.74) is 9.21. The van der Waals surface area contributed by atoms with Gasteiger partial charge in [0, 0.05) is 43.5 Å². The van der Waals surface area contributed by atoms with Crippen molar-refractivity contribution < 1.29 is 13.2 Å². The molecule has 0 amide bonds. The van der Waals surface area contributed by atoms with E-state index in [4.69, 9.17) is 15.5 Å². The van der Waals surface area contributed by atoms with Crippen LogP contribution in [0.1, 0.15) is 18.4 Å². The number of anilines is 2. The smallest absolute Gasteiger partial charge is 0.261 e. The second-order valence-electron chi connectivity index (χ2n) is 9.94. The van der Waals surface area contributed by atoms with E-state index < -0.39 is 10.0 Å². The summed E-state index contributed by atoms with van der Waals surface area (Å²) >= 11 is 1.49. The fourth-order valence-corrected chi connectivity index (χ4v) is 7.11. The Morgan fingerprint density at radius 3 is 2.69 bits per heavy atom. The van der Waals surface area contributed by atoms with E-state index in [1.807, 2.05) is 18.2 Å². The van der Waals surface area contributed by atoms with Gasteiger partial charge in [-0.15, -0.1) is 0 Å². The zero-order valence-corrected chi connectivity index (χ0v) is 23.1. The van der Waals surface area contributed by atoms with Crippen LogP contribution >= 0.6 is 11.3 Å². The van der Waals surface area contributed by atoms with Crippen LogP contribution in [0.15, 0.2) is 59.8 Å². The fraction of sp³-hybridized carbons (Fsp3) is 0.370. The Labute approximate surface area is 231 Å². The minimum atomic E-state index is -3.74. The summed E-state index contributed by atoms with van der Waals surface area (Å²) in [7, 11) is -3.74. The van der Waals surface area contributed by atoms with E-state index in [1.165, 1.54) is 11.3 Å². The molecule has 12 heteroatoms. The number of sulfonamides is 1. The van der Waals surface area contributed by atoms with E-state index in [1.54, 1.807) is 36.7 Å². The summed E-state index contributed by atoms with van der Waals surface area (Å²) in [5, 5.41) is 0.805. The number of nitrogens with two attached hydrogens (primary N) is 1. The average Bonchev–Trinajstić information content (AvgIpc) is 3.39. The van der Waals surface area contributed by atoms with Crippen LogP contribution in [0.25, 0.3) is 20.9 Å². The van der Waals surface area contributed by atoms with Crippen molar-refractivity contribution in [3.05, 3.63) is 60.4 Å². The van der Waals surface area contributed by atoms with Gasteiger partial charge in [0.1, 0.15) is 21.7 Å². The molecule has 2 fully saturated rings. The fourth-order valence-electron chi connectivity index (χ4n) is 5.07. The predicted octanol–water partition coefficient (Wildman–Crippen LogP) is 3.31. The molecular weight excluding hydrogens is 534 g/mol. The first-order valence-corrected chi connectivity index (χ1v) is 15.4. The number of ether oxygens (including phenoxy) is 1. The second kappa shape index (κ2) is 11.1. The van der Waals surface area contributed by atoms with Crippen molar-refractivity contribution in [2.75, 3.05) is 49.0 Å². The van der Waals surface area contributed by atoms with Gasteiger partial charge in [-0.3, -0.25) is 9.62 Å². The van der Waals surface area contributed by atoms with Crippen molar-refractivity contribution >= 4 is 43.2 Å². The Morgan fingerprint density at radius 2 is 1.90 bits per heavy atom. The molecule has 0 aliphatic carbocycles. The molecule has 0 radical (unpaired) electrons. The van der Waals surface area contributed by atoms with E-state index in [0.29, 0.717) is 25.4 Å². The predicted molar refractivity (Wildman–Crippen MR) is 153 cm³/mol. The number of morpholine rings is 1. The monoisotopic (exact) mass is 565 g/mol. The molecule has 3 N–H and O–H groups in total. The van der Waals surface area contributed by atoms with Gasteiger partial charge in [-0.1, -0.05) is 23.5 Å². The summed E-state index contributed by atoms with van der Waals surface area (Å²) in [4.78, 5) is 19.2. The second-order valence-corrected chi connectivity index (χ2v) is 12.6. The third-order valence-electron chi connectivity index (χ3n) is 7.03. The normalized spacial score (nSPS) is 18.9. The molecule has 2 aliphatic heterocycles. The molecule has 39 heavy (non-hydrogen) atoms. The third-order valence-corrected chi connectivity index (χ3v) is 9.42. The van der Waals surface area contributed by atoms with Crippen LogP contribution in [0.5, 0.6) is 0 Å². The van der Waals surface area contributed by atoms with Crippen LogP contribution in [-0.4, -0.2) is 73.7 Å². The maximum absolute atomic E-state index is 13.2. The van der Waals surface area contributed by atoms with Gasteiger partial charge in [0.05, 0.1) is 18.1 Å². The number of likely N-dealkylation sites (tertiary alicyclic amines) is 1. The number of nitrogens with zero attached hydrogens (tertiary/aromatic N) is 5. The molecule has 6 rings (SSSR count). The SMILES string of the molecule is NC1CCCN(Cc2cccc(S(=O)(=O)Nc3ccc(-c4nc5c(N6CCOCC6)ncnc5s4)cc3)c2)C1. The zero-order valence-electron chi connectivity index (χ0n) is 21.5. The van der Waals surface area contributed by atoms with E-state index >= 15 is 0 Å². The van der Waals surface area contributed by atoms with E-state index in [9.17, 15) is 8.42 Å². The molecule has 4 heterocycles. The van der Waals surface area contributed by atoms with Gasteiger partial charge >= 0.3 is 0 Å². The van der Waals surface area contributed by atoms with Crippen molar-refractivity contribution in [1.82, 2.24) is 19.9 Å². The Bertz CT molecular complexity index is 1550. The highest BCUT2D eigenvalue weighted by Gasteiger charge is 2.21. The molecule has 10 nitrogen and oxygen atoms in total. The van der Waals surface area contributed by atoms with Gasteiger partial charge in [-0.25, -0.2) is 23.4 Å². The zero-order chi connectivity index (χ0) is 26.8. The summed E-state index contributed by atoms with van der Waals surface area (Å²) in [5.74, 6) is 0.820. The number of hydrogen-bond acceptors (Lipinski definition) is 10. The summed E-state index contributed by atoms with van der Waals surface area (Å²) in [6.07, 6.45) is 3.68. The number of fused-ring (bicyclic) bond motifs is 1. The Hall–Kier alpha value is -3.16.